The van der Waals surface area contributed by atoms with E-state index in [1.165, 1.54) is 24.1 Å². The average Bonchev–Trinajstić information content (AvgIpc) is 2.26. The fraction of sp³-hybridized carbons (Fsp3) is 0.200. The number of carboxylic acid groups (broad SMARTS) is 1. The first kappa shape index (κ1) is 11.8. The van der Waals surface area contributed by atoms with Crippen molar-refractivity contribution in [2.75, 3.05) is 18.5 Å². The van der Waals surface area contributed by atoms with Crippen LogP contribution in [0.3, 0.4) is 0 Å². The van der Waals surface area contributed by atoms with Crippen molar-refractivity contribution in [1.29, 1.82) is 0 Å². The van der Waals surface area contributed by atoms with Crippen molar-refractivity contribution in [1.82, 2.24) is 5.32 Å². The van der Waals surface area contributed by atoms with Crippen molar-refractivity contribution in [2.24, 2.45) is 0 Å². The number of amides is 2. The third-order valence-corrected chi connectivity index (χ3v) is 1.93. The van der Waals surface area contributed by atoms with Crippen LogP contribution in [0.25, 0.3) is 0 Å². The smallest absolute Gasteiger partial charge is 0.323 e. The van der Waals surface area contributed by atoms with Gasteiger partial charge in [0.2, 0.25) is 0 Å². The fourth-order valence-corrected chi connectivity index (χ4v) is 1.06. The Bertz CT molecular complexity index is 388. The number of nitrogens with one attached hydrogen (secondary N) is 1. The largest absolute Gasteiger partial charge is 0.508 e. The van der Waals surface area contributed by atoms with Crippen molar-refractivity contribution in [3.05, 3.63) is 24.3 Å². The molecule has 86 valence electrons. The zero-order chi connectivity index (χ0) is 12.1. The summed E-state index contributed by atoms with van der Waals surface area (Å²) in [5.74, 6) is -1.00. The number of aromatic hydroxyl groups is 1. The second-order valence-corrected chi connectivity index (χ2v) is 3.13. The molecule has 0 unspecified atom stereocenters. The Labute approximate surface area is 92.1 Å². The maximum Gasteiger partial charge on any atom is 0.323 e. The molecule has 1 rings (SSSR count). The molecule has 0 atom stereocenters. The fourth-order valence-electron chi connectivity index (χ4n) is 1.06. The maximum absolute atomic E-state index is 11.4. The third kappa shape index (κ3) is 3.16. The zero-order valence-corrected chi connectivity index (χ0v) is 8.67. The highest BCUT2D eigenvalue weighted by molar-refractivity contribution is 5.93. The van der Waals surface area contributed by atoms with Crippen LogP contribution in [-0.2, 0) is 4.79 Å². The van der Waals surface area contributed by atoms with Gasteiger partial charge in [-0.15, -0.1) is 0 Å². The molecule has 1 aromatic carbocycles. The standard InChI is InChI=1S/C10H12N2O4/c1-12(10(16)11-6-9(14)15)7-2-4-8(13)5-3-7/h2-5,13H,6H2,1H3,(H,11,16)(H,14,15). The molecule has 16 heavy (non-hydrogen) atoms. The summed E-state index contributed by atoms with van der Waals surface area (Å²) >= 11 is 0. The van der Waals surface area contributed by atoms with Crippen molar-refractivity contribution in [3.63, 3.8) is 0 Å². The normalized spacial score (nSPS) is 9.56. The zero-order valence-electron chi connectivity index (χ0n) is 8.67. The number of urea groups is 1. The summed E-state index contributed by atoms with van der Waals surface area (Å²) in [5.41, 5.74) is 0.556. The lowest BCUT2D eigenvalue weighted by molar-refractivity contribution is -0.135. The highest BCUT2D eigenvalue weighted by atomic mass is 16.4. The first-order valence-corrected chi connectivity index (χ1v) is 4.53. The molecule has 0 radical (unpaired) electrons. The van der Waals surface area contributed by atoms with E-state index in [-0.39, 0.29) is 5.75 Å². The molecule has 1 aromatic rings. The SMILES string of the molecule is CN(C(=O)NCC(=O)O)c1ccc(O)cc1. The van der Waals surface area contributed by atoms with Crippen LogP contribution in [0.4, 0.5) is 10.5 Å². The van der Waals surface area contributed by atoms with Gasteiger partial charge < -0.3 is 15.5 Å². The number of carbonyl (C=O) groups excluding carboxylic acids is 1. The predicted octanol–water partition coefficient (Wildman–Crippen LogP) is 0.623. The quantitative estimate of drug-likeness (QED) is 0.702. The first-order valence-electron chi connectivity index (χ1n) is 4.53. The summed E-state index contributed by atoms with van der Waals surface area (Å²) in [7, 11) is 1.50. The van der Waals surface area contributed by atoms with Gasteiger partial charge in [-0.25, -0.2) is 4.79 Å². The van der Waals surface area contributed by atoms with Gasteiger partial charge in [0.1, 0.15) is 12.3 Å². The van der Waals surface area contributed by atoms with Gasteiger partial charge in [-0.2, -0.15) is 0 Å². The van der Waals surface area contributed by atoms with Gasteiger partial charge in [0.15, 0.2) is 0 Å². The molecule has 0 heterocycles. The number of phenols is 1. The third-order valence-electron chi connectivity index (χ3n) is 1.93. The Morgan fingerprint density at radius 1 is 1.31 bits per heavy atom. The number of hydrogen-bond acceptors (Lipinski definition) is 3. The monoisotopic (exact) mass is 224 g/mol. The molecular formula is C10H12N2O4. The number of carbonyl (C=O) groups is 2. The van der Waals surface area contributed by atoms with E-state index in [9.17, 15) is 9.59 Å². The topological polar surface area (TPSA) is 89.9 Å². The number of hydrogen-bond donors (Lipinski definition) is 3. The Hall–Kier alpha value is -2.24. The number of rotatable bonds is 3. The van der Waals surface area contributed by atoms with Gasteiger partial charge in [0.25, 0.3) is 0 Å². The minimum absolute atomic E-state index is 0.100. The number of aliphatic carboxylic acids is 1. The molecule has 0 aliphatic carbocycles. The molecule has 0 aliphatic heterocycles. The maximum atomic E-state index is 11.4. The van der Waals surface area contributed by atoms with E-state index in [1.807, 2.05) is 0 Å². The van der Waals surface area contributed by atoms with Gasteiger partial charge >= 0.3 is 12.0 Å². The first-order chi connectivity index (χ1) is 7.50. The highest BCUT2D eigenvalue weighted by Crippen LogP contribution is 2.16. The number of anilines is 1. The van der Waals surface area contributed by atoms with E-state index < -0.39 is 18.5 Å². The Morgan fingerprint density at radius 3 is 2.38 bits per heavy atom. The molecule has 0 saturated carbocycles. The highest BCUT2D eigenvalue weighted by Gasteiger charge is 2.11. The summed E-state index contributed by atoms with van der Waals surface area (Å²) in [4.78, 5) is 22.9. The van der Waals surface area contributed by atoms with E-state index >= 15 is 0 Å². The number of benzene rings is 1. The lowest BCUT2D eigenvalue weighted by Crippen LogP contribution is -2.39. The number of phenolic OH excluding ortho intramolecular Hbond substituents is 1. The summed E-state index contributed by atoms with van der Waals surface area (Å²) < 4.78 is 0. The summed E-state index contributed by atoms with van der Waals surface area (Å²) in [6.07, 6.45) is 0. The van der Waals surface area contributed by atoms with Crippen molar-refractivity contribution in [3.8, 4) is 5.75 Å². The van der Waals surface area contributed by atoms with Crippen LogP contribution < -0.4 is 10.2 Å². The molecule has 6 heteroatoms. The Balaban J connectivity index is 2.63. The minimum Gasteiger partial charge on any atom is -0.508 e. The molecule has 2 amide bonds. The molecular weight excluding hydrogens is 212 g/mol. The average molecular weight is 224 g/mol. The van der Waals surface area contributed by atoms with Gasteiger partial charge in [0.05, 0.1) is 0 Å². The molecule has 0 aromatic heterocycles. The van der Waals surface area contributed by atoms with Crippen LogP contribution in [0.1, 0.15) is 0 Å². The van der Waals surface area contributed by atoms with Crippen molar-refractivity contribution >= 4 is 17.7 Å². The number of carboxylic acids is 1. The molecule has 0 spiro atoms. The van der Waals surface area contributed by atoms with Crippen LogP contribution in [0.15, 0.2) is 24.3 Å². The summed E-state index contributed by atoms with van der Waals surface area (Å²) in [5, 5.41) is 19.7. The molecule has 0 fully saturated rings. The number of nitrogens with zero attached hydrogens (tertiary/aromatic N) is 1. The molecule has 0 aliphatic rings. The Morgan fingerprint density at radius 2 is 1.88 bits per heavy atom. The lowest BCUT2D eigenvalue weighted by atomic mass is 10.3. The van der Waals surface area contributed by atoms with Gasteiger partial charge in [0, 0.05) is 12.7 Å². The van der Waals surface area contributed by atoms with E-state index in [2.05, 4.69) is 5.32 Å². The molecule has 0 saturated heterocycles. The second kappa shape index (κ2) is 5.01. The minimum atomic E-state index is -1.10. The molecule has 0 bridgehead atoms. The van der Waals surface area contributed by atoms with E-state index in [1.54, 1.807) is 12.1 Å². The summed E-state index contributed by atoms with van der Waals surface area (Å²) in [6.45, 7) is -0.429. The van der Waals surface area contributed by atoms with Crippen LogP contribution >= 0.6 is 0 Å². The van der Waals surface area contributed by atoms with Crippen molar-refractivity contribution in [2.45, 2.75) is 0 Å². The second-order valence-electron chi connectivity index (χ2n) is 3.13. The molecule has 3 N–H and O–H groups in total. The van der Waals surface area contributed by atoms with E-state index in [0.29, 0.717) is 5.69 Å². The van der Waals surface area contributed by atoms with Gasteiger partial charge in [-0.05, 0) is 24.3 Å². The van der Waals surface area contributed by atoms with Crippen LogP contribution in [0.2, 0.25) is 0 Å². The van der Waals surface area contributed by atoms with Gasteiger partial charge in [-0.3, -0.25) is 9.69 Å². The van der Waals surface area contributed by atoms with Crippen molar-refractivity contribution < 1.29 is 19.8 Å². The summed E-state index contributed by atoms with van der Waals surface area (Å²) in [6, 6.07) is 5.46. The predicted molar refractivity (Wildman–Crippen MR) is 57.5 cm³/mol. The lowest BCUT2D eigenvalue weighted by Gasteiger charge is -2.17. The van der Waals surface area contributed by atoms with Crippen LogP contribution in [0.5, 0.6) is 5.75 Å². The van der Waals surface area contributed by atoms with Gasteiger partial charge in [-0.1, -0.05) is 0 Å². The Kier molecular flexibility index (Phi) is 3.71. The van der Waals surface area contributed by atoms with E-state index in [0.717, 1.165) is 0 Å². The molecule has 6 nitrogen and oxygen atoms in total. The van der Waals surface area contributed by atoms with E-state index in [4.69, 9.17) is 10.2 Å². The van der Waals surface area contributed by atoms with Crippen LogP contribution in [0, 0.1) is 0 Å². The van der Waals surface area contributed by atoms with Crippen LogP contribution in [-0.4, -0.2) is 35.8 Å².